The van der Waals surface area contributed by atoms with Crippen LogP contribution in [0.4, 0.5) is 10.1 Å². The molecule has 5 nitrogen and oxygen atoms in total. The standard InChI is InChI=1S/C16H17FN2O3S/c1-11-3-6-13(9-15(11)19-23(2,21)22)16(20)18-10-12-4-7-14(17)8-5-12/h3-9,19H,10H2,1-2H3,(H,18,20). The molecule has 0 aliphatic rings. The van der Waals surface area contributed by atoms with Crippen LogP contribution in [0.5, 0.6) is 0 Å². The fourth-order valence-electron chi connectivity index (χ4n) is 1.96. The van der Waals surface area contributed by atoms with Crippen molar-refractivity contribution in [3.8, 4) is 0 Å². The molecular formula is C16H17FN2O3S. The molecule has 0 aliphatic heterocycles. The van der Waals surface area contributed by atoms with Gasteiger partial charge in [-0.1, -0.05) is 18.2 Å². The van der Waals surface area contributed by atoms with Crippen molar-refractivity contribution in [3.63, 3.8) is 0 Å². The van der Waals surface area contributed by atoms with Crippen LogP contribution in [0.2, 0.25) is 0 Å². The third-order valence-corrected chi connectivity index (χ3v) is 3.75. The number of carbonyl (C=O) groups excluding carboxylic acids is 1. The van der Waals surface area contributed by atoms with E-state index >= 15 is 0 Å². The van der Waals surface area contributed by atoms with Crippen LogP contribution < -0.4 is 10.0 Å². The van der Waals surface area contributed by atoms with E-state index in [0.717, 1.165) is 11.8 Å². The van der Waals surface area contributed by atoms with Gasteiger partial charge in [0, 0.05) is 12.1 Å². The number of aryl methyl sites for hydroxylation is 1. The minimum Gasteiger partial charge on any atom is -0.348 e. The highest BCUT2D eigenvalue weighted by Crippen LogP contribution is 2.18. The van der Waals surface area contributed by atoms with Gasteiger partial charge in [-0.3, -0.25) is 9.52 Å². The zero-order valence-electron chi connectivity index (χ0n) is 12.8. The third-order valence-electron chi connectivity index (χ3n) is 3.16. The Balaban J connectivity index is 2.10. The van der Waals surface area contributed by atoms with E-state index in [1.807, 2.05) is 0 Å². The lowest BCUT2D eigenvalue weighted by Crippen LogP contribution is -2.23. The summed E-state index contributed by atoms with van der Waals surface area (Å²) < 4.78 is 37.9. The van der Waals surface area contributed by atoms with Gasteiger partial charge in [-0.05, 0) is 42.3 Å². The van der Waals surface area contributed by atoms with Crippen LogP contribution in [0.25, 0.3) is 0 Å². The van der Waals surface area contributed by atoms with Crippen molar-refractivity contribution in [2.75, 3.05) is 11.0 Å². The van der Waals surface area contributed by atoms with Crippen molar-refractivity contribution in [1.82, 2.24) is 5.32 Å². The minimum absolute atomic E-state index is 0.252. The van der Waals surface area contributed by atoms with Crippen LogP contribution in [0.15, 0.2) is 42.5 Å². The van der Waals surface area contributed by atoms with Crippen LogP contribution >= 0.6 is 0 Å². The summed E-state index contributed by atoms with van der Waals surface area (Å²) in [5.74, 6) is -0.680. The summed E-state index contributed by atoms with van der Waals surface area (Å²) in [6.07, 6.45) is 1.05. The van der Waals surface area contributed by atoms with Crippen molar-refractivity contribution >= 4 is 21.6 Å². The predicted molar refractivity (Wildman–Crippen MR) is 87.2 cm³/mol. The summed E-state index contributed by atoms with van der Waals surface area (Å²) in [4.78, 5) is 12.2. The Morgan fingerprint density at radius 2 is 1.78 bits per heavy atom. The van der Waals surface area contributed by atoms with Crippen molar-refractivity contribution in [1.29, 1.82) is 0 Å². The van der Waals surface area contributed by atoms with Crippen molar-refractivity contribution in [3.05, 3.63) is 65.0 Å². The molecule has 2 N–H and O–H groups in total. The molecule has 2 aromatic carbocycles. The smallest absolute Gasteiger partial charge is 0.251 e. The minimum atomic E-state index is -3.42. The lowest BCUT2D eigenvalue weighted by molar-refractivity contribution is 0.0951. The first kappa shape index (κ1) is 17.0. The quantitative estimate of drug-likeness (QED) is 0.880. The zero-order valence-corrected chi connectivity index (χ0v) is 13.6. The number of hydrogen-bond donors (Lipinski definition) is 2. The first-order chi connectivity index (χ1) is 10.7. The van der Waals surface area contributed by atoms with Gasteiger partial charge in [0.2, 0.25) is 10.0 Å². The normalized spacial score (nSPS) is 11.1. The summed E-state index contributed by atoms with van der Waals surface area (Å²) in [6.45, 7) is 2.00. The van der Waals surface area contributed by atoms with E-state index in [1.54, 1.807) is 31.2 Å². The van der Waals surface area contributed by atoms with Gasteiger partial charge in [0.25, 0.3) is 5.91 Å². The molecule has 1 amide bonds. The van der Waals surface area contributed by atoms with E-state index in [9.17, 15) is 17.6 Å². The molecule has 0 unspecified atom stereocenters. The Morgan fingerprint density at radius 3 is 2.39 bits per heavy atom. The third kappa shape index (κ3) is 5.07. The Labute approximate surface area is 134 Å². The highest BCUT2D eigenvalue weighted by Gasteiger charge is 2.10. The van der Waals surface area contributed by atoms with Gasteiger partial charge in [0.05, 0.1) is 11.9 Å². The summed E-state index contributed by atoms with van der Waals surface area (Å²) in [7, 11) is -3.42. The van der Waals surface area contributed by atoms with Crippen molar-refractivity contribution < 1.29 is 17.6 Å². The number of rotatable bonds is 5. The van der Waals surface area contributed by atoms with Gasteiger partial charge < -0.3 is 5.32 Å². The van der Waals surface area contributed by atoms with Crippen LogP contribution in [0, 0.1) is 12.7 Å². The lowest BCUT2D eigenvalue weighted by Gasteiger charge is -2.10. The van der Waals surface area contributed by atoms with E-state index in [1.165, 1.54) is 18.2 Å². The maximum absolute atomic E-state index is 12.8. The molecule has 0 spiro atoms. The SMILES string of the molecule is Cc1ccc(C(=O)NCc2ccc(F)cc2)cc1NS(C)(=O)=O. The molecule has 0 fully saturated rings. The second kappa shape index (κ2) is 6.78. The van der Waals surface area contributed by atoms with Gasteiger partial charge in [0.15, 0.2) is 0 Å². The number of carbonyl (C=O) groups is 1. The molecule has 0 aliphatic carbocycles. The van der Waals surface area contributed by atoms with Crippen LogP contribution in [0.3, 0.4) is 0 Å². The first-order valence-corrected chi connectivity index (χ1v) is 8.75. The monoisotopic (exact) mass is 336 g/mol. The Kier molecular flexibility index (Phi) is 5.00. The molecule has 0 bridgehead atoms. The second-order valence-electron chi connectivity index (χ2n) is 5.21. The number of anilines is 1. The summed E-state index contributed by atoms with van der Waals surface area (Å²) in [5.41, 5.74) is 2.18. The molecule has 0 atom stereocenters. The Bertz CT molecular complexity index is 818. The molecule has 23 heavy (non-hydrogen) atoms. The maximum Gasteiger partial charge on any atom is 0.251 e. The van der Waals surface area contributed by atoms with E-state index in [-0.39, 0.29) is 18.3 Å². The fourth-order valence-corrected chi connectivity index (χ4v) is 2.58. The van der Waals surface area contributed by atoms with E-state index in [4.69, 9.17) is 0 Å². The molecule has 0 saturated carbocycles. The number of halogens is 1. The van der Waals surface area contributed by atoms with Gasteiger partial charge in [-0.2, -0.15) is 0 Å². The number of sulfonamides is 1. The van der Waals surface area contributed by atoms with Crippen LogP contribution in [0.1, 0.15) is 21.5 Å². The fraction of sp³-hybridized carbons (Fsp3) is 0.188. The summed E-state index contributed by atoms with van der Waals surface area (Å²) in [5, 5.41) is 2.71. The van der Waals surface area contributed by atoms with Gasteiger partial charge in [-0.25, -0.2) is 12.8 Å². The first-order valence-electron chi connectivity index (χ1n) is 6.86. The highest BCUT2D eigenvalue weighted by molar-refractivity contribution is 7.92. The number of nitrogens with one attached hydrogen (secondary N) is 2. The van der Waals surface area contributed by atoms with Crippen LogP contribution in [-0.4, -0.2) is 20.6 Å². The largest absolute Gasteiger partial charge is 0.348 e. The van der Waals surface area contributed by atoms with Crippen molar-refractivity contribution in [2.45, 2.75) is 13.5 Å². The Morgan fingerprint density at radius 1 is 1.13 bits per heavy atom. The average molecular weight is 336 g/mol. The highest BCUT2D eigenvalue weighted by atomic mass is 32.2. The molecule has 0 radical (unpaired) electrons. The molecule has 7 heteroatoms. The number of benzene rings is 2. The van der Waals surface area contributed by atoms with E-state index < -0.39 is 10.0 Å². The zero-order chi connectivity index (χ0) is 17.0. The van der Waals surface area contributed by atoms with Gasteiger partial charge in [-0.15, -0.1) is 0 Å². The second-order valence-corrected chi connectivity index (χ2v) is 6.96. The molecule has 122 valence electrons. The lowest BCUT2D eigenvalue weighted by atomic mass is 10.1. The number of hydrogen-bond acceptors (Lipinski definition) is 3. The van der Waals surface area contributed by atoms with Gasteiger partial charge >= 0.3 is 0 Å². The maximum atomic E-state index is 12.8. The molecule has 0 aromatic heterocycles. The summed E-state index contributed by atoms with van der Waals surface area (Å²) >= 11 is 0. The molecule has 0 heterocycles. The van der Waals surface area contributed by atoms with Crippen molar-refractivity contribution in [2.24, 2.45) is 0 Å². The average Bonchev–Trinajstić information content (AvgIpc) is 2.47. The predicted octanol–water partition coefficient (Wildman–Crippen LogP) is 2.44. The summed E-state index contributed by atoms with van der Waals surface area (Å²) in [6, 6.07) is 10.6. The molecular weight excluding hydrogens is 319 g/mol. The van der Waals surface area contributed by atoms with Gasteiger partial charge in [0.1, 0.15) is 5.82 Å². The molecule has 0 saturated heterocycles. The van der Waals surface area contributed by atoms with E-state index in [2.05, 4.69) is 10.0 Å². The van der Waals surface area contributed by atoms with Crippen LogP contribution in [-0.2, 0) is 16.6 Å². The Hall–Kier alpha value is -2.41. The topological polar surface area (TPSA) is 75.3 Å². The van der Waals surface area contributed by atoms with E-state index in [0.29, 0.717) is 16.8 Å². The molecule has 2 rings (SSSR count). The molecule has 2 aromatic rings. The number of amides is 1.